The lowest BCUT2D eigenvalue weighted by atomic mass is 10.0. The van der Waals surface area contributed by atoms with E-state index >= 15 is 0 Å². The molecule has 2 aromatic rings. The number of anilines is 1. The monoisotopic (exact) mass is 289 g/mol. The Morgan fingerprint density at radius 3 is 3.10 bits per heavy atom. The summed E-state index contributed by atoms with van der Waals surface area (Å²) in [6, 6.07) is 6.16. The number of likely N-dealkylation sites (N-methyl/N-ethyl adjacent to an activating group) is 1. The summed E-state index contributed by atoms with van der Waals surface area (Å²) >= 11 is 1.54. The second-order valence-corrected chi connectivity index (χ2v) is 6.50. The van der Waals surface area contributed by atoms with Gasteiger partial charge in [0.05, 0.1) is 16.3 Å². The molecule has 106 valence electrons. The summed E-state index contributed by atoms with van der Waals surface area (Å²) in [5, 5.41) is 3.68. The number of hydrogen-bond donors (Lipinski definition) is 1. The molecule has 1 fully saturated rings. The van der Waals surface area contributed by atoms with Crippen molar-refractivity contribution < 1.29 is 4.79 Å². The fourth-order valence-electron chi connectivity index (χ4n) is 2.69. The molecule has 1 aliphatic heterocycles. The number of rotatable bonds is 2. The predicted octanol–water partition coefficient (Wildman–Crippen LogP) is 3.03. The number of carbonyl (C=O) groups is 1. The van der Waals surface area contributed by atoms with Gasteiger partial charge in [-0.2, -0.15) is 0 Å². The first-order valence-corrected chi connectivity index (χ1v) is 7.83. The molecule has 1 N–H and O–H groups in total. The molecular weight excluding hydrogens is 270 g/mol. The van der Waals surface area contributed by atoms with Crippen LogP contribution in [0.5, 0.6) is 0 Å². The molecule has 0 saturated carbocycles. The maximum Gasteiger partial charge on any atom is 0.243 e. The topological polar surface area (TPSA) is 45.2 Å². The second-order valence-electron chi connectivity index (χ2n) is 5.47. The van der Waals surface area contributed by atoms with Crippen molar-refractivity contribution in [2.24, 2.45) is 0 Å². The minimum Gasteiger partial charge on any atom is -0.301 e. The van der Waals surface area contributed by atoms with Gasteiger partial charge in [0.25, 0.3) is 0 Å². The summed E-state index contributed by atoms with van der Waals surface area (Å²) in [7, 11) is 2.02. The normalized spacial score (nSPS) is 20.2. The second kappa shape index (κ2) is 5.50. The highest BCUT2D eigenvalue weighted by atomic mass is 32.1. The molecule has 1 amide bonds. The Kier molecular flexibility index (Phi) is 3.72. The standard InChI is InChI=1S/C15H19N3OS/c1-10-6-7-13-11(9-10)16-15(20-13)17-14(19)12-5-3-4-8-18(12)2/h6-7,9,12H,3-5,8H2,1-2H3,(H,16,17,19)/t12-/m1/s1. The predicted molar refractivity (Wildman–Crippen MR) is 83.3 cm³/mol. The molecule has 4 nitrogen and oxygen atoms in total. The maximum absolute atomic E-state index is 12.3. The van der Waals surface area contributed by atoms with E-state index in [2.05, 4.69) is 27.3 Å². The van der Waals surface area contributed by atoms with E-state index in [1.165, 1.54) is 23.3 Å². The van der Waals surface area contributed by atoms with Gasteiger partial charge in [-0.15, -0.1) is 0 Å². The van der Waals surface area contributed by atoms with E-state index in [0.717, 1.165) is 29.6 Å². The first-order chi connectivity index (χ1) is 9.63. The van der Waals surface area contributed by atoms with Gasteiger partial charge in [0.1, 0.15) is 0 Å². The Morgan fingerprint density at radius 2 is 2.30 bits per heavy atom. The Labute approximate surface area is 122 Å². The van der Waals surface area contributed by atoms with Crippen LogP contribution in [0.2, 0.25) is 0 Å². The Balaban J connectivity index is 1.76. The zero-order valence-electron chi connectivity index (χ0n) is 11.8. The average molecular weight is 289 g/mol. The molecule has 0 bridgehead atoms. The van der Waals surface area contributed by atoms with Crippen LogP contribution in [0.4, 0.5) is 5.13 Å². The molecule has 0 spiro atoms. The van der Waals surface area contributed by atoms with Crippen molar-refractivity contribution in [3.05, 3.63) is 23.8 Å². The van der Waals surface area contributed by atoms with Gasteiger partial charge in [0, 0.05) is 0 Å². The van der Waals surface area contributed by atoms with Crippen LogP contribution in [-0.2, 0) is 4.79 Å². The lowest BCUT2D eigenvalue weighted by molar-refractivity contribution is -0.121. The lowest BCUT2D eigenvalue weighted by Crippen LogP contribution is -2.44. The maximum atomic E-state index is 12.3. The molecule has 1 atom stereocenters. The van der Waals surface area contributed by atoms with Crippen LogP contribution < -0.4 is 5.32 Å². The van der Waals surface area contributed by atoms with Gasteiger partial charge in [0.2, 0.25) is 5.91 Å². The first kappa shape index (κ1) is 13.5. The zero-order valence-corrected chi connectivity index (χ0v) is 12.7. The van der Waals surface area contributed by atoms with Crippen LogP contribution in [0.1, 0.15) is 24.8 Å². The highest BCUT2D eigenvalue weighted by Crippen LogP contribution is 2.27. The van der Waals surface area contributed by atoms with Gasteiger partial charge in [-0.3, -0.25) is 9.69 Å². The minimum absolute atomic E-state index is 0.0162. The lowest BCUT2D eigenvalue weighted by Gasteiger charge is -2.30. The van der Waals surface area contributed by atoms with Gasteiger partial charge in [-0.1, -0.05) is 23.8 Å². The van der Waals surface area contributed by atoms with Crippen molar-refractivity contribution in [3.8, 4) is 0 Å². The molecule has 1 aliphatic rings. The number of nitrogens with zero attached hydrogens (tertiary/aromatic N) is 2. The van der Waals surface area contributed by atoms with E-state index in [1.807, 2.05) is 20.0 Å². The first-order valence-electron chi connectivity index (χ1n) is 7.02. The number of piperidine rings is 1. The van der Waals surface area contributed by atoms with E-state index in [0.29, 0.717) is 5.13 Å². The number of aryl methyl sites for hydroxylation is 1. The van der Waals surface area contributed by atoms with Gasteiger partial charge in [-0.25, -0.2) is 4.98 Å². The fourth-order valence-corrected chi connectivity index (χ4v) is 3.54. The van der Waals surface area contributed by atoms with Crippen LogP contribution in [-0.4, -0.2) is 35.4 Å². The quantitative estimate of drug-likeness (QED) is 0.924. The van der Waals surface area contributed by atoms with Crippen molar-refractivity contribution in [1.82, 2.24) is 9.88 Å². The number of likely N-dealkylation sites (tertiary alicyclic amines) is 1. The van der Waals surface area contributed by atoms with Crippen LogP contribution >= 0.6 is 11.3 Å². The third kappa shape index (κ3) is 2.69. The number of fused-ring (bicyclic) bond motifs is 1. The highest BCUT2D eigenvalue weighted by Gasteiger charge is 2.26. The number of benzene rings is 1. The Bertz CT molecular complexity index is 637. The summed E-state index contributed by atoms with van der Waals surface area (Å²) in [5.74, 6) is 0.0722. The molecule has 1 aromatic carbocycles. The molecule has 0 aliphatic carbocycles. The van der Waals surface area contributed by atoms with Crippen LogP contribution in [0.15, 0.2) is 18.2 Å². The van der Waals surface area contributed by atoms with Crippen molar-refractivity contribution in [1.29, 1.82) is 0 Å². The summed E-state index contributed by atoms with van der Waals surface area (Å²) in [5.41, 5.74) is 2.15. The molecule has 1 saturated heterocycles. The molecule has 3 rings (SSSR count). The highest BCUT2D eigenvalue weighted by molar-refractivity contribution is 7.22. The molecule has 0 unspecified atom stereocenters. The summed E-state index contributed by atoms with van der Waals surface area (Å²) in [4.78, 5) is 19.0. The van der Waals surface area contributed by atoms with Crippen molar-refractivity contribution >= 4 is 32.6 Å². The molecule has 0 radical (unpaired) electrons. The van der Waals surface area contributed by atoms with Gasteiger partial charge < -0.3 is 5.32 Å². The summed E-state index contributed by atoms with van der Waals surface area (Å²) < 4.78 is 1.11. The fraction of sp³-hybridized carbons (Fsp3) is 0.467. The van der Waals surface area contributed by atoms with E-state index < -0.39 is 0 Å². The minimum atomic E-state index is -0.0162. The molecule has 20 heavy (non-hydrogen) atoms. The SMILES string of the molecule is Cc1ccc2sc(NC(=O)[C@H]3CCCCN3C)nc2c1. The summed E-state index contributed by atoms with van der Waals surface area (Å²) in [6.45, 7) is 3.05. The van der Waals surface area contributed by atoms with Gasteiger partial charge >= 0.3 is 0 Å². The number of hydrogen-bond acceptors (Lipinski definition) is 4. The zero-order chi connectivity index (χ0) is 14.1. The number of amides is 1. The van der Waals surface area contributed by atoms with E-state index in [4.69, 9.17) is 0 Å². The van der Waals surface area contributed by atoms with E-state index in [-0.39, 0.29) is 11.9 Å². The summed E-state index contributed by atoms with van der Waals surface area (Å²) in [6.07, 6.45) is 3.24. The van der Waals surface area contributed by atoms with E-state index in [1.54, 1.807) is 0 Å². The third-order valence-corrected chi connectivity index (χ3v) is 4.80. The van der Waals surface area contributed by atoms with Crippen molar-refractivity contribution in [2.45, 2.75) is 32.2 Å². The van der Waals surface area contributed by atoms with Gasteiger partial charge in [-0.05, 0) is 51.1 Å². The van der Waals surface area contributed by atoms with Gasteiger partial charge in [0.15, 0.2) is 5.13 Å². The molecule has 2 heterocycles. The largest absolute Gasteiger partial charge is 0.301 e. The average Bonchev–Trinajstić information content (AvgIpc) is 2.80. The number of carbonyl (C=O) groups excluding carboxylic acids is 1. The van der Waals surface area contributed by atoms with Crippen molar-refractivity contribution in [3.63, 3.8) is 0 Å². The molecular formula is C15H19N3OS. The van der Waals surface area contributed by atoms with E-state index in [9.17, 15) is 4.79 Å². The Morgan fingerprint density at radius 1 is 1.45 bits per heavy atom. The molecule has 1 aromatic heterocycles. The number of nitrogens with one attached hydrogen (secondary N) is 1. The third-order valence-electron chi connectivity index (χ3n) is 3.85. The van der Waals surface area contributed by atoms with Crippen LogP contribution in [0.3, 0.4) is 0 Å². The van der Waals surface area contributed by atoms with Crippen LogP contribution in [0, 0.1) is 6.92 Å². The van der Waals surface area contributed by atoms with Crippen molar-refractivity contribution in [2.75, 3.05) is 18.9 Å². The number of aromatic nitrogens is 1. The molecule has 5 heteroatoms. The number of thiazole rings is 1. The Hall–Kier alpha value is -1.46. The van der Waals surface area contributed by atoms with Crippen LogP contribution in [0.25, 0.3) is 10.2 Å². The smallest absolute Gasteiger partial charge is 0.243 e.